The second-order valence-electron chi connectivity index (χ2n) is 10.8. The summed E-state index contributed by atoms with van der Waals surface area (Å²) < 4.78 is 20.3. The van der Waals surface area contributed by atoms with Crippen molar-refractivity contribution in [1.82, 2.24) is 0 Å². The maximum Gasteiger partial charge on any atom is 0.303 e. The first-order valence-electron chi connectivity index (χ1n) is 11.3. The molecule has 0 aromatic heterocycles. The van der Waals surface area contributed by atoms with Crippen molar-refractivity contribution in [2.24, 2.45) is 34.5 Å². The number of allylic oxidation sites excluding steroid dienone is 1. The molecule has 0 aromatic carbocycles. The van der Waals surface area contributed by atoms with E-state index in [1.54, 1.807) is 6.92 Å². The number of hydrogen-bond acceptors (Lipinski definition) is 6. The fraction of sp³-hybridized carbons (Fsp3) is 0.792. The fourth-order valence-electron chi connectivity index (χ4n) is 7.90. The molecule has 0 heterocycles. The Morgan fingerprint density at radius 3 is 2.61 bits per heavy atom. The molecule has 4 rings (SSSR count). The molecule has 172 valence electrons. The van der Waals surface area contributed by atoms with Gasteiger partial charge in [-0.25, -0.2) is 4.39 Å². The Morgan fingerprint density at radius 2 is 1.97 bits per heavy atom. The lowest BCUT2D eigenvalue weighted by Crippen LogP contribution is -2.64. The molecular formula is C24H33FO6. The molecule has 0 bridgehead atoms. The van der Waals surface area contributed by atoms with Crippen molar-refractivity contribution in [2.45, 2.75) is 77.7 Å². The van der Waals surface area contributed by atoms with Gasteiger partial charge in [-0.05, 0) is 66.4 Å². The van der Waals surface area contributed by atoms with E-state index in [2.05, 4.69) is 0 Å². The normalized spacial score (nSPS) is 48.9. The molecule has 0 aliphatic heterocycles. The third kappa shape index (κ3) is 2.99. The van der Waals surface area contributed by atoms with Crippen LogP contribution in [0.15, 0.2) is 11.6 Å². The maximum absolute atomic E-state index is 15.4. The number of halogens is 1. The Labute approximate surface area is 182 Å². The second kappa shape index (κ2) is 7.20. The van der Waals surface area contributed by atoms with Crippen LogP contribution in [0.25, 0.3) is 0 Å². The van der Waals surface area contributed by atoms with E-state index in [4.69, 9.17) is 4.74 Å². The monoisotopic (exact) mass is 436 g/mol. The van der Waals surface area contributed by atoms with Gasteiger partial charge in [0.1, 0.15) is 11.8 Å². The molecule has 0 amide bonds. The highest BCUT2D eigenvalue weighted by atomic mass is 19.1. The van der Waals surface area contributed by atoms with Gasteiger partial charge in [-0.2, -0.15) is 0 Å². The summed E-state index contributed by atoms with van der Waals surface area (Å²) in [5, 5.41) is 23.0. The Kier molecular flexibility index (Phi) is 5.25. The molecule has 31 heavy (non-hydrogen) atoms. The minimum atomic E-state index is -1.76. The van der Waals surface area contributed by atoms with Crippen LogP contribution in [0.1, 0.15) is 59.8 Å². The summed E-state index contributed by atoms with van der Waals surface area (Å²) in [6.45, 7) is 6.27. The highest BCUT2D eigenvalue weighted by Gasteiger charge is 2.71. The third-order valence-electron chi connectivity index (χ3n) is 9.29. The molecule has 6 nitrogen and oxygen atoms in total. The number of fused-ring (bicyclic) bond motifs is 5. The number of rotatable bonds is 3. The van der Waals surface area contributed by atoms with E-state index in [9.17, 15) is 24.6 Å². The Balaban J connectivity index is 1.73. The standard InChI is InChI=1S/C24H33FO6/c1-12-7-16-15-9-18(25)17-8-14(27)5-6-22(17,3)21(15)19(28)10-23(16,4)24(12,30)20(29)11-31-13(2)26/h8,12,15-16,18-19,21,28,30H,5-7,9-11H2,1-4H3/t12?,15-,16-,18?,19?,21+,22-,23-,24-/m0/s1. The number of carbonyl (C=O) groups excluding carboxylic acids is 3. The summed E-state index contributed by atoms with van der Waals surface area (Å²) in [5.74, 6) is -2.23. The number of hydrogen-bond donors (Lipinski definition) is 2. The number of aliphatic hydroxyl groups is 2. The maximum atomic E-state index is 15.4. The van der Waals surface area contributed by atoms with Crippen LogP contribution in [-0.2, 0) is 19.1 Å². The van der Waals surface area contributed by atoms with E-state index in [0.717, 1.165) is 0 Å². The molecule has 0 aromatic rings. The summed E-state index contributed by atoms with van der Waals surface area (Å²) in [6.07, 6.45) is 1.10. The van der Waals surface area contributed by atoms with Crippen molar-refractivity contribution in [3.63, 3.8) is 0 Å². The lowest BCUT2D eigenvalue weighted by atomic mass is 9.45. The Morgan fingerprint density at radius 1 is 1.29 bits per heavy atom. The highest BCUT2D eigenvalue weighted by Crippen LogP contribution is 2.69. The zero-order valence-electron chi connectivity index (χ0n) is 18.7. The third-order valence-corrected chi connectivity index (χ3v) is 9.29. The van der Waals surface area contributed by atoms with Crippen LogP contribution in [0, 0.1) is 34.5 Å². The molecule has 4 aliphatic rings. The van der Waals surface area contributed by atoms with Gasteiger partial charge in [0.25, 0.3) is 0 Å². The van der Waals surface area contributed by atoms with Crippen molar-refractivity contribution >= 4 is 17.5 Å². The van der Waals surface area contributed by atoms with Crippen molar-refractivity contribution in [3.05, 3.63) is 11.6 Å². The van der Waals surface area contributed by atoms with Gasteiger partial charge in [0.2, 0.25) is 5.78 Å². The molecule has 2 N–H and O–H groups in total. The number of alkyl halides is 1. The predicted octanol–water partition coefficient (Wildman–Crippen LogP) is 2.55. The summed E-state index contributed by atoms with van der Waals surface area (Å²) in [6, 6.07) is 0. The van der Waals surface area contributed by atoms with E-state index in [1.165, 1.54) is 13.0 Å². The summed E-state index contributed by atoms with van der Waals surface area (Å²) in [7, 11) is 0. The smallest absolute Gasteiger partial charge is 0.303 e. The van der Waals surface area contributed by atoms with Gasteiger partial charge in [0, 0.05) is 18.8 Å². The molecule has 0 spiro atoms. The van der Waals surface area contributed by atoms with Gasteiger partial charge in [-0.3, -0.25) is 14.4 Å². The van der Waals surface area contributed by atoms with E-state index >= 15 is 4.39 Å². The molecule has 0 saturated heterocycles. The first-order valence-corrected chi connectivity index (χ1v) is 11.3. The minimum absolute atomic E-state index is 0.0661. The van der Waals surface area contributed by atoms with Crippen LogP contribution < -0.4 is 0 Å². The largest absolute Gasteiger partial charge is 0.458 e. The molecule has 7 heteroatoms. The van der Waals surface area contributed by atoms with Crippen molar-refractivity contribution in [2.75, 3.05) is 6.61 Å². The van der Waals surface area contributed by atoms with Crippen molar-refractivity contribution in [1.29, 1.82) is 0 Å². The number of ether oxygens (including phenoxy) is 1. The molecule has 0 radical (unpaired) electrons. The van der Waals surface area contributed by atoms with Gasteiger partial charge in [0.15, 0.2) is 12.4 Å². The Hall–Kier alpha value is -1.60. The molecule has 3 fully saturated rings. The summed E-state index contributed by atoms with van der Waals surface area (Å²) >= 11 is 0. The lowest BCUT2D eigenvalue weighted by molar-refractivity contribution is -0.191. The highest BCUT2D eigenvalue weighted by molar-refractivity contribution is 5.92. The molecule has 9 atom stereocenters. The van der Waals surface area contributed by atoms with Crippen LogP contribution in [-0.4, -0.2) is 52.2 Å². The molecule has 3 saturated carbocycles. The SMILES string of the molecule is CC(=O)OCC(=O)[C@@]1(O)C(C)C[C@H]2[C@@H]3CC(F)C4=CC(=O)CC[C@]4(C)[C@H]3C(O)C[C@@]21C. The number of aliphatic hydroxyl groups excluding tert-OH is 1. The van der Waals surface area contributed by atoms with E-state index in [-0.39, 0.29) is 36.4 Å². The first kappa shape index (κ1) is 22.6. The van der Waals surface area contributed by atoms with Crippen LogP contribution in [0.3, 0.4) is 0 Å². The summed E-state index contributed by atoms with van der Waals surface area (Å²) in [5.41, 5.74) is -2.82. The van der Waals surface area contributed by atoms with Gasteiger partial charge in [-0.1, -0.05) is 20.8 Å². The van der Waals surface area contributed by atoms with Gasteiger partial charge >= 0.3 is 5.97 Å². The lowest BCUT2D eigenvalue weighted by Gasteiger charge is -2.61. The quantitative estimate of drug-likeness (QED) is 0.660. The zero-order chi connectivity index (χ0) is 22.9. The van der Waals surface area contributed by atoms with Gasteiger partial charge in [-0.15, -0.1) is 0 Å². The number of ketones is 2. The minimum Gasteiger partial charge on any atom is -0.458 e. The molecule has 4 aliphatic carbocycles. The van der Waals surface area contributed by atoms with Crippen molar-refractivity contribution in [3.8, 4) is 0 Å². The topological polar surface area (TPSA) is 101 Å². The number of esters is 1. The molecule has 3 unspecified atom stereocenters. The van der Waals surface area contributed by atoms with Crippen LogP contribution in [0.4, 0.5) is 4.39 Å². The van der Waals surface area contributed by atoms with Crippen LogP contribution in [0.5, 0.6) is 0 Å². The predicted molar refractivity (Wildman–Crippen MR) is 110 cm³/mol. The number of Topliss-reactive ketones (excluding diaryl/α,β-unsaturated/α-hetero) is 1. The second-order valence-corrected chi connectivity index (χ2v) is 10.8. The fourth-order valence-corrected chi connectivity index (χ4v) is 7.90. The average molecular weight is 437 g/mol. The van der Waals surface area contributed by atoms with Crippen LogP contribution in [0.2, 0.25) is 0 Å². The van der Waals surface area contributed by atoms with Gasteiger partial charge in [0.05, 0.1) is 6.10 Å². The van der Waals surface area contributed by atoms with Gasteiger partial charge < -0.3 is 14.9 Å². The summed E-state index contributed by atoms with van der Waals surface area (Å²) in [4.78, 5) is 36.3. The Bertz CT molecular complexity index is 853. The van der Waals surface area contributed by atoms with E-state index in [1.807, 2.05) is 13.8 Å². The van der Waals surface area contributed by atoms with E-state index in [0.29, 0.717) is 24.8 Å². The first-order chi connectivity index (χ1) is 14.4. The average Bonchev–Trinajstić information content (AvgIpc) is 2.88. The van der Waals surface area contributed by atoms with E-state index < -0.39 is 53.0 Å². The van der Waals surface area contributed by atoms with Crippen molar-refractivity contribution < 1.29 is 33.7 Å². The zero-order valence-corrected chi connectivity index (χ0v) is 18.7. The number of carbonyl (C=O) groups is 3. The molecular weight excluding hydrogens is 403 g/mol. The van der Waals surface area contributed by atoms with Crippen LogP contribution >= 0.6 is 0 Å².